The maximum absolute atomic E-state index is 12.9. The zero-order valence-electron chi connectivity index (χ0n) is 19.6. The minimum absolute atomic E-state index is 0.00353. The fraction of sp³-hybridized carbons (Fsp3) is 0.455. The maximum Gasteiger partial charge on any atom is 0.422 e. The molecule has 0 atom stereocenters. The van der Waals surface area contributed by atoms with Crippen LogP contribution in [0, 0.1) is 0 Å². The van der Waals surface area contributed by atoms with Gasteiger partial charge in [-0.1, -0.05) is 24.4 Å². The van der Waals surface area contributed by atoms with E-state index in [2.05, 4.69) is 9.71 Å². The summed E-state index contributed by atoms with van der Waals surface area (Å²) in [5, 5.41) is -0.408. The summed E-state index contributed by atoms with van der Waals surface area (Å²) in [5.41, 5.74) is -0.831. The van der Waals surface area contributed by atoms with Gasteiger partial charge in [-0.3, -0.25) is 0 Å². The van der Waals surface area contributed by atoms with Crippen LogP contribution in [0.5, 0.6) is 17.4 Å². The van der Waals surface area contributed by atoms with Gasteiger partial charge in [0.25, 0.3) is 0 Å². The van der Waals surface area contributed by atoms with Crippen molar-refractivity contribution >= 4 is 27.9 Å². The molecule has 0 spiro atoms. The molecular formula is C22H25ClF3N3O7S. The van der Waals surface area contributed by atoms with E-state index in [1.807, 2.05) is 0 Å². The second-order valence-electron chi connectivity index (χ2n) is 8.00. The molecule has 1 amide bonds. The van der Waals surface area contributed by atoms with Crippen LogP contribution in [-0.2, 0) is 32.5 Å². The number of hydrogen-bond acceptors (Lipinski definition) is 8. The molecule has 3 rings (SSSR count). The lowest BCUT2D eigenvalue weighted by molar-refractivity contribution is -0.137. The number of carbonyl (C=O) groups excluding carboxylic acids is 1. The first-order chi connectivity index (χ1) is 17.5. The number of methoxy groups -OCH3 is 1. The highest BCUT2D eigenvalue weighted by atomic mass is 35.5. The summed E-state index contributed by atoms with van der Waals surface area (Å²) in [7, 11) is -2.63. The Morgan fingerprint density at radius 2 is 1.92 bits per heavy atom. The molecular weight excluding hydrogens is 543 g/mol. The van der Waals surface area contributed by atoms with Gasteiger partial charge in [0.1, 0.15) is 29.7 Å². The molecule has 204 valence electrons. The average Bonchev–Trinajstić information content (AvgIpc) is 3.31. The van der Waals surface area contributed by atoms with E-state index < -0.39 is 39.7 Å². The van der Waals surface area contributed by atoms with Crippen molar-refractivity contribution in [1.82, 2.24) is 14.4 Å². The van der Waals surface area contributed by atoms with Gasteiger partial charge >= 0.3 is 22.5 Å². The molecule has 0 radical (unpaired) electrons. The van der Waals surface area contributed by atoms with Gasteiger partial charge in [0.2, 0.25) is 5.88 Å². The minimum Gasteiger partial charge on any atom is -0.491 e. The van der Waals surface area contributed by atoms with Crippen molar-refractivity contribution in [3.8, 4) is 17.4 Å². The second kappa shape index (κ2) is 12.6. The number of carbonyl (C=O) groups is 1. The second-order valence-corrected chi connectivity index (χ2v) is 9.86. The van der Waals surface area contributed by atoms with Gasteiger partial charge < -0.3 is 18.9 Å². The number of benzene rings is 1. The predicted octanol–water partition coefficient (Wildman–Crippen LogP) is 4.57. The lowest BCUT2D eigenvalue weighted by atomic mass is 10.2. The van der Waals surface area contributed by atoms with Gasteiger partial charge in [-0.25, -0.2) is 14.5 Å². The number of halogens is 4. The molecule has 0 unspecified atom stereocenters. The molecule has 0 aliphatic heterocycles. The highest BCUT2D eigenvalue weighted by Gasteiger charge is 2.32. The highest BCUT2D eigenvalue weighted by Crippen LogP contribution is 2.36. The summed E-state index contributed by atoms with van der Waals surface area (Å²) in [6.07, 6.45) is -2.18. The monoisotopic (exact) mass is 567 g/mol. The maximum atomic E-state index is 12.9. The smallest absolute Gasteiger partial charge is 0.422 e. The van der Waals surface area contributed by atoms with Crippen molar-refractivity contribution in [3.63, 3.8) is 0 Å². The molecule has 2 aromatic rings. The molecule has 0 saturated heterocycles. The Morgan fingerprint density at radius 3 is 2.57 bits per heavy atom. The standard InChI is InChI=1S/C22H25ClF3N3O7S/c1-33-8-9-34-17-7-6-14(13-35-21(30)29-37(31,32)28-16-4-2-3-5-16)19(11-17)36-20-18(23)10-15(12-27-20)22(24,25)26/h6-7,10-12,16,28H,2-5,8-9,13H2,1H3,(H,29,30). The molecule has 15 heteroatoms. The number of alkyl halides is 3. The van der Waals surface area contributed by atoms with Gasteiger partial charge in [-0.15, -0.1) is 0 Å². The molecule has 2 N–H and O–H groups in total. The van der Waals surface area contributed by atoms with E-state index in [1.54, 1.807) is 4.72 Å². The number of nitrogens with zero attached hydrogens (tertiary/aromatic N) is 1. The van der Waals surface area contributed by atoms with Crippen LogP contribution in [-0.4, -0.2) is 45.9 Å². The number of hydrogen-bond donors (Lipinski definition) is 2. The zero-order valence-corrected chi connectivity index (χ0v) is 21.2. The Balaban J connectivity index is 1.73. The van der Waals surface area contributed by atoms with Crippen LogP contribution in [0.3, 0.4) is 0 Å². The van der Waals surface area contributed by atoms with Crippen molar-refractivity contribution in [2.24, 2.45) is 0 Å². The Hall–Kier alpha value is -2.81. The fourth-order valence-corrected chi connectivity index (χ4v) is 4.63. The normalized spacial score (nSPS) is 14.4. The highest BCUT2D eigenvalue weighted by molar-refractivity contribution is 7.88. The molecule has 1 aromatic carbocycles. The SMILES string of the molecule is COCCOc1ccc(COC(=O)NS(=O)(=O)NC2CCCC2)c(Oc2ncc(C(F)(F)F)cc2Cl)c1. The predicted molar refractivity (Wildman–Crippen MR) is 126 cm³/mol. The van der Waals surface area contributed by atoms with Gasteiger partial charge in [0, 0.05) is 31.0 Å². The Morgan fingerprint density at radius 1 is 1.19 bits per heavy atom. The molecule has 1 fully saturated rings. The van der Waals surface area contributed by atoms with E-state index in [4.69, 9.17) is 30.5 Å². The van der Waals surface area contributed by atoms with Crippen LogP contribution in [0.2, 0.25) is 5.02 Å². The van der Waals surface area contributed by atoms with E-state index >= 15 is 0 Å². The first-order valence-corrected chi connectivity index (χ1v) is 12.9. The third kappa shape index (κ3) is 8.91. The number of ether oxygens (including phenoxy) is 4. The summed E-state index contributed by atoms with van der Waals surface area (Å²) in [6.45, 7) is 0.0347. The van der Waals surface area contributed by atoms with E-state index in [0.717, 1.165) is 12.8 Å². The van der Waals surface area contributed by atoms with Crippen molar-refractivity contribution in [3.05, 3.63) is 46.6 Å². The van der Waals surface area contributed by atoms with Crippen LogP contribution in [0.25, 0.3) is 0 Å². The summed E-state index contributed by atoms with van der Waals surface area (Å²) in [5.74, 6) is -0.0202. The van der Waals surface area contributed by atoms with Gasteiger partial charge in [-0.05, 0) is 31.0 Å². The third-order valence-corrected chi connectivity index (χ3v) is 6.54. The van der Waals surface area contributed by atoms with Crippen molar-refractivity contribution in [2.45, 2.75) is 44.5 Å². The number of pyridine rings is 1. The van der Waals surface area contributed by atoms with Crippen LogP contribution in [0.15, 0.2) is 30.5 Å². The summed E-state index contributed by atoms with van der Waals surface area (Å²) < 4.78 is 88.3. The number of nitrogens with one attached hydrogen (secondary N) is 2. The Labute approximate surface area is 216 Å². The zero-order chi connectivity index (χ0) is 27.1. The van der Waals surface area contributed by atoms with E-state index in [-0.39, 0.29) is 36.4 Å². The van der Waals surface area contributed by atoms with Crippen molar-refractivity contribution < 1.29 is 45.3 Å². The minimum atomic E-state index is -4.65. The van der Waals surface area contributed by atoms with Gasteiger partial charge in [-0.2, -0.15) is 26.3 Å². The van der Waals surface area contributed by atoms with Crippen LogP contribution < -0.4 is 18.9 Å². The summed E-state index contributed by atoms with van der Waals surface area (Å²) in [4.78, 5) is 15.8. The first kappa shape index (κ1) is 28.8. The molecule has 0 bridgehead atoms. The third-order valence-electron chi connectivity index (χ3n) is 5.19. The lowest BCUT2D eigenvalue weighted by Crippen LogP contribution is -2.44. The molecule has 10 nitrogen and oxygen atoms in total. The van der Waals surface area contributed by atoms with Gasteiger partial charge in [0.05, 0.1) is 12.2 Å². The Kier molecular flexibility index (Phi) is 9.81. The summed E-state index contributed by atoms with van der Waals surface area (Å²) >= 11 is 5.95. The van der Waals surface area contributed by atoms with E-state index in [1.165, 1.54) is 25.3 Å². The van der Waals surface area contributed by atoms with Crippen molar-refractivity contribution in [2.75, 3.05) is 20.3 Å². The fourth-order valence-electron chi connectivity index (χ4n) is 3.42. The largest absolute Gasteiger partial charge is 0.491 e. The number of rotatable bonds is 11. The molecule has 1 aliphatic rings. The van der Waals surface area contributed by atoms with E-state index in [0.29, 0.717) is 30.9 Å². The quantitative estimate of drug-likeness (QED) is 0.378. The molecule has 1 aliphatic carbocycles. The number of aromatic nitrogens is 1. The van der Waals surface area contributed by atoms with Crippen molar-refractivity contribution in [1.29, 1.82) is 0 Å². The molecule has 1 heterocycles. The Bertz CT molecular complexity index is 1190. The number of amides is 1. The van der Waals surface area contributed by atoms with Gasteiger partial charge in [0.15, 0.2) is 0 Å². The first-order valence-electron chi connectivity index (χ1n) is 11.1. The van der Waals surface area contributed by atoms with Crippen LogP contribution >= 0.6 is 11.6 Å². The molecule has 1 aromatic heterocycles. The topological polar surface area (TPSA) is 125 Å². The average molecular weight is 568 g/mol. The molecule has 37 heavy (non-hydrogen) atoms. The van der Waals surface area contributed by atoms with Crippen LogP contribution in [0.4, 0.5) is 18.0 Å². The lowest BCUT2D eigenvalue weighted by Gasteiger charge is -2.16. The summed E-state index contributed by atoms with van der Waals surface area (Å²) in [6, 6.07) is 4.79. The van der Waals surface area contributed by atoms with E-state index in [9.17, 15) is 26.4 Å². The van der Waals surface area contributed by atoms with Crippen LogP contribution in [0.1, 0.15) is 36.8 Å². The molecule has 1 saturated carbocycles.